The highest BCUT2D eigenvalue weighted by Crippen LogP contribution is 2.22. The van der Waals surface area contributed by atoms with Crippen LogP contribution in [-0.4, -0.2) is 27.6 Å². The third kappa shape index (κ3) is 5.10. The molecule has 0 aliphatic rings. The first kappa shape index (κ1) is 19.9. The molecule has 7 nitrogen and oxygen atoms in total. The van der Waals surface area contributed by atoms with Crippen LogP contribution < -0.4 is 5.32 Å². The van der Waals surface area contributed by atoms with Crippen molar-refractivity contribution in [1.82, 2.24) is 9.97 Å². The summed E-state index contributed by atoms with van der Waals surface area (Å²) >= 11 is 0. The second kappa shape index (κ2) is 8.88. The summed E-state index contributed by atoms with van der Waals surface area (Å²) < 4.78 is 5.45. The molecule has 0 spiro atoms. The van der Waals surface area contributed by atoms with Crippen LogP contribution in [-0.2, 0) is 9.53 Å². The number of rotatable bonds is 6. The largest absolute Gasteiger partial charge is 0.443 e. The number of ether oxygens (including phenoxy) is 1. The number of amides is 1. The number of hydrogen-bond donors (Lipinski definition) is 1. The van der Waals surface area contributed by atoms with Crippen molar-refractivity contribution in [2.24, 2.45) is 0 Å². The average Bonchev–Trinajstić information content (AvgIpc) is 2.73. The minimum Gasteiger partial charge on any atom is -0.443 e. The molecule has 0 bridgehead atoms. The van der Waals surface area contributed by atoms with Crippen molar-refractivity contribution in [1.29, 1.82) is 0 Å². The molecule has 0 saturated carbocycles. The lowest BCUT2D eigenvalue weighted by Gasteiger charge is -2.18. The van der Waals surface area contributed by atoms with E-state index in [1.165, 1.54) is 19.3 Å². The highest BCUT2D eigenvalue weighted by atomic mass is 16.5. The van der Waals surface area contributed by atoms with Gasteiger partial charge in [-0.2, -0.15) is 0 Å². The predicted octanol–water partition coefficient (Wildman–Crippen LogP) is 3.52. The second-order valence-electron chi connectivity index (χ2n) is 6.37. The van der Waals surface area contributed by atoms with Gasteiger partial charge in [-0.05, 0) is 26.0 Å². The highest BCUT2D eigenvalue weighted by Gasteiger charge is 2.26. The summed E-state index contributed by atoms with van der Waals surface area (Å²) in [6.45, 7) is 3.19. The quantitative estimate of drug-likeness (QED) is 0.512. The average molecular weight is 389 g/mol. The summed E-state index contributed by atoms with van der Waals surface area (Å²) in [6.07, 6.45) is 1.54. The molecule has 1 aromatic heterocycles. The Kier molecular flexibility index (Phi) is 6.09. The van der Waals surface area contributed by atoms with Gasteiger partial charge in [0.25, 0.3) is 5.91 Å². The van der Waals surface area contributed by atoms with Gasteiger partial charge in [0.2, 0.25) is 6.10 Å². The van der Waals surface area contributed by atoms with Gasteiger partial charge < -0.3 is 10.1 Å². The Bertz CT molecular complexity index is 1030. The number of anilines is 1. The van der Waals surface area contributed by atoms with Gasteiger partial charge in [-0.25, -0.2) is 9.78 Å². The zero-order valence-corrected chi connectivity index (χ0v) is 16.0. The molecule has 0 saturated heterocycles. The number of hydrogen-bond acceptors (Lipinski definition) is 6. The number of aryl methyl sites for hydroxylation is 1. The van der Waals surface area contributed by atoms with E-state index in [0.29, 0.717) is 22.5 Å². The fourth-order valence-corrected chi connectivity index (χ4v) is 2.59. The normalized spacial score (nSPS) is 11.4. The van der Waals surface area contributed by atoms with Gasteiger partial charge in [-0.1, -0.05) is 42.5 Å². The smallest absolute Gasteiger partial charge is 0.359 e. The van der Waals surface area contributed by atoms with Gasteiger partial charge in [0.05, 0.1) is 11.9 Å². The molecular weight excluding hydrogens is 370 g/mol. The van der Waals surface area contributed by atoms with Crippen molar-refractivity contribution in [3.05, 3.63) is 89.5 Å². The van der Waals surface area contributed by atoms with Crippen LogP contribution in [0.1, 0.15) is 45.1 Å². The van der Waals surface area contributed by atoms with E-state index in [4.69, 9.17) is 4.74 Å². The van der Waals surface area contributed by atoms with Crippen molar-refractivity contribution in [3.8, 4) is 0 Å². The zero-order chi connectivity index (χ0) is 20.8. The van der Waals surface area contributed by atoms with Gasteiger partial charge in [-0.3, -0.25) is 14.6 Å². The Balaban J connectivity index is 1.84. The molecule has 3 aromatic rings. The van der Waals surface area contributed by atoms with Crippen molar-refractivity contribution in [3.63, 3.8) is 0 Å². The predicted molar refractivity (Wildman–Crippen MR) is 106 cm³/mol. The standard InChI is InChI=1S/C22H19N3O4/c1-14-12-24-19(13-23-14)22(28)29-20(16-7-4-3-5-8-16)21(27)25-18-10-6-9-17(11-18)15(2)26/h3-13,20H,1-2H3,(H,25,27)/t20-/m0/s1. The first-order valence-electron chi connectivity index (χ1n) is 8.90. The molecule has 1 atom stereocenters. The second-order valence-corrected chi connectivity index (χ2v) is 6.37. The molecular formula is C22H19N3O4. The summed E-state index contributed by atoms with van der Waals surface area (Å²) in [5.74, 6) is -1.44. The fraction of sp³-hybridized carbons (Fsp3) is 0.136. The van der Waals surface area contributed by atoms with Gasteiger partial charge in [0.1, 0.15) is 0 Å². The topological polar surface area (TPSA) is 98.2 Å². The molecule has 2 aromatic carbocycles. The number of esters is 1. The van der Waals surface area contributed by atoms with Gasteiger partial charge in [0.15, 0.2) is 11.5 Å². The number of carbonyl (C=O) groups excluding carboxylic acids is 3. The Hall–Kier alpha value is -3.87. The van der Waals surface area contributed by atoms with E-state index in [2.05, 4.69) is 15.3 Å². The van der Waals surface area contributed by atoms with Crippen LogP contribution in [0, 0.1) is 6.92 Å². The molecule has 0 radical (unpaired) electrons. The van der Waals surface area contributed by atoms with Crippen molar-refractivity contribution in [2.75, 3.05) is 5.32 Å². The van der Waals surface area contributed by atoms with Crippen LogP contribution in [0.2, 0.25) is 0 Å². The minimum atomic E-state index is -1.20. The molecule has 29 heavy (non-hydrogen) atoms. The maximum atomic E-state index is 12.9. The number of ketones is 1. The van der Waals surface area contributed by atoms with E-state index < -0.39 is 18.0 Å². The molecule has 146 valence electrons. The Morgan fingerprint density at radius 1 is 0.966 bits per heavy atom. The number of benzene rings is 2. The summed E-state index contributed by atoms with van der Waals surface area (Å²) in [6, 6.07) is 15.2. The van der Waals surface area contributed by atoms with Crippen molar-refractivity contribution < 1.29 is 19.1 Å². The third-order valence-corrected chi connectivity index (χ3v) is 4.09. The van der Waals surface area contributed by atoms with Crippen LogP contribution >= 0.6 is 0 Å². The van der Waals surface area contributed by atoms with E-state index in [1.54, 1.807) is 61.5 Å². The highest BCUT2D eigenvalue weighted by molar-refractivity contribution is 5.99. The van der Waals surface area contributed by atoms with Crippen LogP contribution in [0.5, 0.6) is 0 Å². The summed E-state index contributed by atoms with van der Waals surface area (Å²) in [4.78, 5) is 45.0. The van der Waals surface area contributed by atoms with E-state index in [1.807, 2.05) is 0 Å². The number of nitrogens with zero attached hydrogens (tertiary/aromatic N) is 2. The zero-order valence-electron chi connectivity index (χ0n) is 16.0. The Labute approximate surface area is 167 Å². The van der Waals surface area contributed by atoms with Crippen LogP contribution in [0.25, 0.3) is 0 Å². The van der Waals surface area contributed by atoms with Crippen molar-refractivity contribution >= 4 is 23.3 Å². The number of Topliss-reactive ketones (excluding diaryl/α,β-unsaturated/α-hetero) is 1. The molecule has 0 fully saturated rings. The SMILES string of the molecule is CC(=O)c1cccc(NC(=O)[C@@H](OC(=O)c2cnc(C)cn2)c2ccccc2)c1. The van der Waals surface area contributed by atoms with Gasteiger partial charge in [0, 0.05) is 23.0 Å². The van der Waals surface area contributed by atoms with E-state index >= 15 is 0 Å². The third-order valence-electron chi connectivity index (χ3n) is 4.09. The van der Waals surface area contributed by atoms with Crippen LogP contribution in [0.4, 0.5) is 5.69 Å². The maximum absolute atomic E-state index is 12.9. The Morgan fingerprint density at radius 3 is 2.38 bits per heavy atom. The lowest BCUT2D eigenvalue weighted by molar-refractivity contribution is -0.125. The van der Waals surface area contributed by atoms with Crippen LogP contribution in [0.3, 0.4) is 0 Å². The molecule has 1 amide bonds. The molecule has 7 heteroatoms. The fourth-order valence-electron chi connectivity index (χ4n) is 2.59. The minimum absolute atomic E-state index is 0.00269. The van der Waals surface area contributed by atoms with E-state index in [0.717, 1.165) is 0 Å². The molecule has 0 aliphatic carbocycles. The summed E-state index contributed by atoms with van der Waals surface area (Å²) in [5.41, 5.74) is 2.05. The first-order chi connectivity index (χ1) is 13.9. The summed E-state index contributed by atoms with van der Waals surface area (Å²) in [5, 5.41) is 2.70. The molecule has 3 rings (SSSR count). The molecule has 0 unspecified atom stereocenters. The molecule has 0 aliphatic heterocycles. The van der Waals surface area contributed by atoms with Crippen LogP contribution in [0.15, 0.2) is 67.0 Å². The number of nitrogens with one attached hydrogen (secondary N) is 1. The summed E-state index contributed by atoms with van der Waals surface area (Å²) in [7, 11) is 0. The monoisotopic (exact) mass is 389 g/mol. The lowest BCUT2D eigenvalue weighted by Crippen LogP contribution is -2.26. The van der Waals surface area contributed by atoms with E-state index in [-0.39, 0.29) is 11.5 Å². The van der Waals surface area contributed by atoms with Gasteiger partial charge in [-0.15, -0.1) is 0 Å². The van der Waals surface area contributed by atoms with E-state index in [9.17, 15) is 14.4 Å². The number of carbonyl (C=O) groups is 3. The lowest BCUT2D eigenvalue weighted by atomic mass is 10.1. The van der Waals surface area contributed by atoms with Crippen molar-refractivity contribution in [2.45, 2.75) is 20.0 Å². The molecule has 1 N–H and O–H groups in total. The number of aromatic nitrogens is 2. The molecule has 1 heterocycles. The van der Waals surface area contributed by atoms with Gasteiger partial charge >= 0.3 is 5.97 Å². The maximum Gasteiger partial charge on any atom is 0.359 e. The Morgan fingerprint density at radius 2 is 1.72 bits per heavy atom. The first-order valence-corrected chi connectivity index (χ1v) is 8.90.